The third kappa shape index (κ3) is 5.46. The number of nitrogens with one attached hydrogen (secondary N) is 1. The number of benzene rings is 1. The Morgan fingerprint density at radius 1 is 1.14 bits per heavy atom. The van der Waals surface area contributed by atoms with Crippen LogP contribution in [0.15, 0.2) is 52.0 Å². The molecule has 3 rings (SSSR count). The van der Waals surface area contributed by atoms with Crippen LogP contribution in [0, 0.1) is 0 Å². The van der Waals surface area contributed by atoms with Crippen molar-refractivity contribution < 1.29 is 17.6 Å². The molecule has 1 saturated heterocycles. The first-order chi connectivity index (χ1) is 13.9. The van der Waals surface area contributed by atoms with Gasteiger partial charge in [-0.05, 0) is 43.2 Å². The van der Waals surface area contributed by atoms with Crippen molar-refractivity contribution in [2.45, 2.75) is 37.6 Å². The predicted molar refractivity (Wildman–Crippen MR) is 111 cm³/mol. The first-order valence-corrected chi connectivity index (χ1v) is 11.5. The maximum Gasteiger partial charge on any atom is 0.243 e. The molecule has 1 atom stereocenters. The van der Waals surface area contributed by atoms with Gasteiger partial charge in [-0.15, -0.1) is 0 Å². The monoisotopic (exact) mass is 419 g/mol. The number of rotatable bonds is 8. The fourth-order valence-electron chi connectivity index (χ4n) is 3.49. The minimum Gasteiger partial charge on any atom is -0.467 e. The zero-order valence-electron chi connectivity index (χ0n) is 17.0. The van der Waals surface area contributed by atoms with Crippen molar-refractivity contribution in [1.82, 2.24) is 14.5 Å². The molecule has 1 aromatic carbocycles. The van der Waals surface area contributed by atoms with Gasteiger partial charge in [0.25, 0.3) is 0 Å². The lowest BCUT2D eigenvalue weighted by molar-refractivity contribution is -0.123. The average Bonchev–Trinajstić information content (AvgIpc) is 3.24. The summed E-state index contributed by atoms with van der Waals surface area (Å²) in [4.78, 5) is 14.6. The van der Waals surface area contributed by atoms with Crippen LogP contribution in [0.25, 0.3) is 0 Å². The highest BCUT2D eigenvalue weighted by molar-refractivity contribution is 7.89. The fourth-order valence-corrected chi connectivity index (χ4v) is 4.92. The molecule has 1 fully saturated rings. The van der Waals surface area contributed by atoms with Crippen LogP contribution in [0.2, 0.25) is 0 Å². The van der Waals surface area contributed by atoms with Crippen molar-refractivity contribution in [3.05, 3.63) is 54.0 Å². The third-order valence-corrected chi connectivity index (χ3v) is 7.06. The standard InChI is InChI=1S/C21H29N3O4S/c1-3-5-18-7-9-19(10-8-18)29(26,27)24-13-11-23(12-14-24)16-21(25)22-17(2)20-6-4-15-28-20/h4,6-10,15,17H,3,5,11-14,16H2,1-2H3,(H,22,25)/t17-/m0/s1. The zero-order chi connectivity index (χ0) is 20.9. The van der Waals surface area contributed by atoms with Gasteiger partial charge < -0.3 is 9.73 Å². The van der Waals surface area contributed by atoms with Gasteiger partial charge in [-0.3, -0.25) is 9.69 Å². The summed E-state index contributed by atoms with van der Waals surface area (Å²) in [5.41, 5.74) is 1.14. The number of furan rings is 1. The maximum atomic E-state index is 12.9. The average molecular weight is 420 g/mol. The van der Waals surface area contributed by atoms with Gasteiger partial charge in [0.2, 0.25) is 15.9 Å². The lowest BCUT2D eigenvalue weighted by atomic mass is 10.1. The lowest BCUT2D eigenvalue weighted by Crippen LogP contribution is -2.51. The topological polar surface area (TPSA) is 82.9 Å². The summed E-state index contributed by atoms with van der Waals surface area (Å²) in [7, 11) is -3.50. The van der Waals surface area contributed by atoms with Gasteiger partial charge in [0.05, 0.1) is 23.7 Å². The highest BCUT2D eigenvalue weighted by atomic mass is 32.2. The van der Waals surface area contributed by atoms with Crippen molar-refractivity contribution in [1.29, 1.82) is 0 Å². The highest BCUT2D eigenvalue weighted by Crippen LogP contribution is 2.19. The summed E-state index contributed by atoms with van der Waals surface area (Å²) in [6.45, 7) is 6.01. The second-order valence-electron chi connectivity index (χ2n) is 7.38. The third-order valence-electron chi connectivity index (χ3n) is 5.15. The molecule has 158 valence electrons. The van der Waals surface area contributed by atoms with Crippen molar-refractivity contribution in [3.63, 3.8) is 0 Å². The molecule has 0 radical (unpaired) electrons. The molecule has 0 bridgehead atoms. The van der Waals surface area contributed by atoms with Crippen LogP contribution in [0.1, 0.15) is 37.6 Å². The van der Waals surface area contributed by atoms with Crippen molar-refractivity contribution >= 4 is 15.9 Å². The molecule has 0 aliphatic carbocycles. The number of carbonyl (C=O) groups is 1. The second-order valence-corrected chi connectivity index (χ2v) is 9.32. The van der Waals surface area contributed by atoms with E-state index < -0.39 is 10.0 Å². The molecule has 1 aliphatic heterocycles. The van der Waals surface area contributed by atoms with Crippen LogP contribution in [0.5, 0.6) is 0 Å². The van der Waals surface area contributed by atoms with Crippen LogP contribution in [-0.4, -0.2) is 56.3 Å². The Hall–Kier alpha value is -2.16. The molecule has 8 heteroatoms. The van der Waals surface area contributed by atoms with Crippen LogP contribution >= 0.6 is 0 Å². The Morgan fingerprint density at radius 2 is 1.83 bits per heavy atom. The normalized spacial score (nSPS) is 17.2. The van der Waals surface area contributed by atoms with Gasteiger partial charge in [-0.2, -0.15) is 4.31 Å². The molecular formula is C21H29N3O4S. The SMILES string of the molecule is CCCc1ccc(S(=O)(=O)N2CCN(CC(=O)N[C@@H](C)c3ccco3)CC2)cc1. The van der Waals surface area contributed by atoms with Crippen molar-refractivity contribution in [2.75, 3.05) is 32.7 Å². The van der Waals surface area contributed by atoms with E-state index in [-0.39, 0.29) is 18.5 Å². The van der Waals surface area contributed by atoms with Crippen LogP contribution in [0.4, 0.5) is 0 Å². The van der Waals surface area contributed by atoms with E-state index in [1.165, 1.54) is 4.31 Å². The minimum atomic E-state index is -3.50. The van der Waals surface area contributed by atoms with E-state index in [9.17, 15) is 13.2 Å². The van der Waals surface area contributed by atoms with Gasteiger partial charge in [0, 0.05) is 26.2 Å². The molecule has 0 saturated carbocycles. The number of carbonyl (C=O) groups excluding carboxylic acids is 1. The van der Waals surface area contributed by atoms with E-state index in [2.05, 4.69) is 12.2 Å². The first-order valence-electron chi connectivity index (χ1n) is 10.0. The summed E-state index contributed by atoms with van der Waals surface area (Å²) in [6.07, 6.45) is 3.55. The van der Waals surface area contributed by atoms with Crippen molar-refractivity contribution in [3.8, 4) is 0 Å². The van der Waals surface area contributed by atoms with E-state index in [1.54, 1.807) is 24.5 Å². The van der Waals surface area contributed by atoms with Crippen molar-refractivity contribution in [2.24, 2.45) is 0 Å². The molecule has 1 N–H and O–H groups in total. The Kier molecular flexibility index (Phi) is 7.10. The smallest absolute Gasteiger partial charge is 0.243 e. The molecule has 7 nitrogen and oxygen atoms in total. The summed E-state index contributed by atoms with van der Waals surface area (Å²) < 4.78 is 32.6. The number of hydrogen-bond acceptors (Lipinski definition) is 5. The molecule has 1 amide bonds. The van der Waals surface area contributed by atoms with Gasteiger partial charge >= 0.3 is 0 Å². The van der Waals surface area contributed by atoms with E-state index in [1.807, 2.05) is 30.0 Å². The largest absolute Gasteiger partial charge is 0.467 e. The Labute approximate surface area is 172 Å². The fraction of sp³-hybridized carbons (Fsp3) is 0.476. The molecule has 0 unspecified atom stereocenters. The number of piperazine rings is 1. The molecule has 1 aliphatic rings. The van der Waals surface area contributed by atoms with Gasteiger partial charge in [-0.25, -0.2) is 8.42 Å². The quantitative estimate of drug-likeness (QED) is 0.711. The van der Waals surface area contributed by atoms with Gasteiger partial charge in [0.1, 0.15) is 5.76 Å². The Bertz CT molecular complexity index is 887. The molecular weight excluding hydrogens is 390 g/mol. The predicted octanol–water partition coefficient (Wildman–Crippen LogP) is 2.42. The zero-order valence-corrected chi connectivity index (χ0v) is 17.8. The lowest BCUT2D eigenvalue weighted by Gasteiger charge is -2.33. The molecule has 2 heterocycles. The Balaban J connectivity index is 1.51. The highest BCUT2D eigenvalue weighted by Gasteiger charge is 2.29. The molecule has 2 aromatic rings. The van der Waals surface area contributed by atoms with Gasteiger partial charge in [0.15, 0.2) is 0 Å². The maximum absolute atomic E-state index is 12.9. The summed E-state index contributed by atoms with van der Waals surface area (Å²) in [5, 5.41) is 2.91. The number of nitrogens with zero attached hydrogens (tertiary/aromatic N) is 2. The second kappa shape index (κ2) is 9.56. The van der Waals surface area contributed by atoms with Crippen LogP contribution in [-0.2, 0) is 21.2 Å². The molecule has 1 aromatic heterocycles. The summed E-state index contributed by atoms with van der Waals surface area (Å²) >= 11 is 0. The number of hydrogen-bond donors (Lipinski definition) is 1. The van der Waals surface area contributed by atoms with E-state index in [0.717, 1.165) is 18.4 Å². The van der Waals surface area contributed by atoms with E-state index >= 15 is 0 Å². The summed E-state index contributed by atoms with van der Waals surface area (Å²) in [5.74, 6) is 0.607. The first kappa shape index (κ1) is 21.5. The van der Waals surface area contributed by atoms with E-state index in [0.29, 0.717) is 36.8 Å². The van der Waals surface area contributed by atoms with Crippen LogP contribution < -0.4 is 5.32 Å². The number of amides is 1. The minimum absolute atomic E-state index is 0.100. The van der Waals surface area contributed by atoms with E-state index in [4.69, 9.17) is 4.42 Å². The van der Waals surface area contributed by atoms with Crippen LogP contribution in [0.3, 0.4) is 0 Å². The Morgan fingerprint density at radius 3 is 2.41 bits per heavy atom. The number of aryl methyl sites for hydroxylation is 1. The summed E-state index contributed by atoms with van der Waals surface area (Å²) in [6, 6.07) is 10.6. The number of sulfonamides is 1. The molecule has 29 heavy (non-hydrogen) atoms. The van der Waals surface area contributed by atoms with Gasteiger partial charge in [-0.1, -0.05) is 25.5 Å². The molecule has 0 spiro atoms.